The fraction of sp³-hybridized carbons (Fsp3) is 0.500. The van der Waals surface area contributed by atoms with E-state index in [1.807, 2.05) is 12.3 Å². The van der Waals surface area contributed by atoms with Crippen LogP contribution in [0.25, 0.3) is 0 Å². The Morgan fingerprint density at radius 1 is 1.48 bits per heavy atom. The van der Waals surface area contributed by atoms with Gasteiger partial charge in [0.1, 0.15) is 0 Å². The lowest BCUT2D eigenvalue weighted by atomic mass is 9.71. The van der Waals surface area contributed by atoms with E-state index in [2.05, 4.69) is 38.5 Å². The van der Waals surface area contributed by atoms with Gasteiger partial charge in [0.15, 0.2) is 0 Å². The number of nitrogens with zero attached hydrogens (tertiary/aromatic N) is 3. The Bertz CT molecular complexity index is 596. The van der Waals surface area contributed by atoms with E-state index in [9.17, 15) is 5.26 Å². The highest BCUT2D eigenvalue weighted by Gasteiger charge is 2.49. The van der Waals surface area contributed by atoms with Crippen molar-refractivity contribution in [1.82, 2.24) is 9.88 Å². The molecule has 110 valence electrons. The molecule has 5 heteroatoms. The van der Waals surface area contributed by atoms with Gasteiger partial charge >= 0.3 is 0 Å². The molecular formula is C16H17BrClN3. The third-order valence-corrected chi connectivity index (χ3v) is 5.32. The molecule has 3 atom stereocenters. The lowest BCUT2D eigenvalue weighted by molar-refractivity contribution is 0.117. The van der Waals surface area contributed by atoms with Crippen molar-refractivity contribution in [3.05, 3.63) is 40.1 Å². The molecule has 1 unspecified atom stereocenters. The Kier molecular flexibility index (Phi) is 4.09. The largest absolute Gasteiger partial charge is 0.292 e. The molecule has 21 heavy (non-hydrogen) atoms. The molecule has 2 aliphatic heterocycles. The first kappa shape index (κ1) is 15.0. The molecule has 3 heterocycles. The summed E-state index contributed by atoms with van der Waals surface area (Å²) in [6, 6.07) is 5.46. The molecule has 0 spiro atoms. The summed E-state index contributed by atoms with van der Waals surface area (Å²) in [4.78, 5) is 6.67. The topological polar surface area (TPSA) is 39.9 Å². The number of pyridine rings is 1. The van der Waals surface area contributed by atoms with Crippen molar-refractivity contribution in [2.24, 2.45) is 0 Å². The number of aromatic nitrogens is 1. The minimum Gasteiger partial charge on any atom is -0.292 e. The highest BCUT2D eigenvalue weighted by atomic mass is 79.9. The normalized spacial score (nSPS) is 31.9. The van der Waals surface area contributed by atoms with E-state index < -0.39 is 5.41 Å². The van der Waals surface area contributed by atoms with E-state index in [0.717, 1.165) is 42.3 Å². The Labute approximate surface area is 138 Å². The molecule has 0 aromatic carbocycles. The second kappa shape index (κ2) is 5.72. The number of fused-ring (bicyclic) bond motifs is 2. The molecule has 1 aromatic rings. The molecule has 2 saturated heterocycles. The molecule has 2 fully saturated rings. The third kappa shape index (κ3) is 2.75. The number of halogens is 2. The van der Waals surface area contributed by atoms with E-state index in [0.29, 0.717) is 17.1 Å². The Hall–Kier alpha value is -0.890. The maximum Gasteiger partial charge on any atom is 0.0867 e. The van der Waals surface area contributed by atoms with Gasteiger partial charge in [-0.3, -0.25) is 9.88 Å². The zero-order valence-corrected chi connectivity index (χ0v) is 14.1. The predicted molar refractivity (Wildman–Crippen MR) is 87.0 cm³/mol. The minimum atomic E-state index is -0.424. The molecule has 0 amide bonds. The monoisotopic (exact) mass is 365 g/mol. The number of hydrogen-bond donors (Lipinski definition) is 0. The second-order valence-electron chi connectivity index (χ2n) is 6.07. The van der Waals surface area contributed by atoms with Gasteiger partial charge in [0.2, 0.25) is 0 Å². The SMILES string of the molecule is C=C(Cl)CN1[C@@H]2CC[C@H]1CC(C#N)(c1cncc(Br)c1)C2. The van der Waals surface area contributed by atoms with Gasteiger partial charge in [-0.2, -0.15) is 5.26 Å². The first-order valence-corrected chi connectivity index (χ1v) is 8.32. The molecule has 3 rings (SSSR count). The predicted octanol–water partition coefficient (Wildman–Crippen LogP) is 3.98. The third-order valence-electron chi connectivity index (χ3n) is 4.76. The van der Waals surface area contributed by atoms with Gasteiger partial charge in [-0.1, -0.05) is 18.2 Å². The summed E-state index contributed by atoms with van der Waals surface area (Å²) < 4.78 is 0.929. The molecule has 2 aliphatic rings. The number of rotatable bonds is 3. The van der Waals surface area contributed by atoms with Gasteiger partial charge < -0.3 is 0 Å². The zero-order valence-electron chi connectivity index (χ0n) is 11.7. The van der Waals surface area contributed by atoms with Gasteiger partial charge in [0.25, 0.3) is 0 Å². The smallest absolute Gasteiger partial charge is 0.0867 e. The fourth-order valence-electron chi connectivity index (χ4n) is 3.86. The molecule has 0 radical (unpaired) electrons. The van der Waals surface area contributed by atoms with Crippen molar-refractivity contribution in [2.45, 2.75) is 43.2 Å². The molecule has 0 saturated carbocycles. The Balaban J connectivity index is 1.91. The van der Waals surface area contributed by atoms with E-state index in [-0.39, 0.29) is 0 Å². The fourth-order valence-corrected chi connectivity index (χ4v) is 4.37. The standard InChI is InChI=1S/C16H17BrClN3/c1-11(18)9-21-14-2-3-15(21)6-16(5-14,10-19)12-4-13(17)8-20-7-12/h4,7-8,14-15H,1-3,5-6,9H2/t14-,15+,16?. The van der Waals surface area contributed by atoms with Crippen LogP contribution in [0, 0.1) is 11.3 Å². The number of hydrogen-bond acceptors (Lipinski definition) is 3. The molecule has 1 aromatic heterocycles. The summed E-state index contributed by atoms with van der Waals surface area (Å²) in [5, 5.41) is 10.5. The van der Waals surface area contributed by atoms with Crippen molar-refractivity contribution in [2.75, 3.05) is 6.54 Å². The van der Waals surface area contributed by atoms with E-state index >= 15 is 0 Å². The number of piperidine rings is 1. The van der Waals surface area contributed by atoms with Crippen LogP contribution in [0.1, 0.15) is 31.2 Å². The van der Waals surface area contributed by atoms with Crippen molar-refractivity contribution >= 4 is 27.5 Å². The van der Waals surface area contributed by atoms with Crippen LogP contribution in [0.15, 0.2) is 34.5 Å². The highest BCUT2D eigenvalue weighted by Crippen LogP contribution is 2.47. The van der Waals surface area contributed by atoms with Gasteiger partial charge in [-0.25, -0.2) is 0 Å². The van der Waals surface area contributed by atoms with Gasteiger partial charge in [-0.05, 0) is 53.2 Å². The molecule has 2 bridgehead atoms. The average molecular weight is 367 g/mol. The van der Waals surface area contributed by atoms with E-state index in [1.54, 1.807) is 6.20 Å². The highest BCUT2D eigenvalue weighted by molar-refractivity contribution is 9.10. The maximum atomic E-state index is 9.86. The molecule has 3 nitrogen and oxygen atoms in total. The van der Waals surface area contributed by atoms with Crippen molar-refractivity contribution < 1.29 is 0 Å². The minimum absolute atomic E-state index is 0.415. The average Bonchev–Trinajstić information content (AvgIpc) is 2.70. The summed E-state index contributed by atoms with van der Waals surface area (Å²) in [7, 11) is 0. The lowest BCUT2D eigenvalue weighted by Crippen LogP contribution is -2.49. The van der Waals surface area contributed by atoms with Crippen LogP contribution in [0.3, 0.4) is 0 Å². The first-order chi connectivity index (χ1) is 10.0. The van der Waals surface area contributed by atoms with Crippen LogP contribution in [0.5, 0.6) is 0 Å². The molecular weight excluding hydrogens is 350 g/mol. The Morgan fingerprint density at radius 3 is 2.67 bits per heavy atom. The second-order valence-corrected chi connectivity index (χ2v) is 7.52. The Morgan fingerprint density at radius 2 is 2.14 bits per heavy atom. The van der Waals surface area contributed by atoms with E-state index in [4.69, 9.17) is 11.6 Å². The molecule has 0 aliphatic carbocycles. The van der Waals surface area contributed by atoms with Gasteiger partial charge in [-0.15, -0.1) is 0 Å². The molecule has 0 N–H and O–H groups in total. The van der Waals surface area contributed by atoms with Crippen molar-refractivity contribution in [3.63, 3.8) is 0 Å². The summed E-state index contributed by atoms with van der Waals surface area (Å²) in [6.07, 6.45) is 7.57. The van der Waals surface area contributed by atoms with Crippen molar-refractivity contribution in [3.8, 4) is 6.07 Å². The van der Waals surface area contributed by atoms with Crippen LogP contribution in [0.4, 0.5) is 0 Å². The summed E-state index contributed by atoms with van der Waals surface area (Å²) in [6.45, 7) is 4.55. The maximum absolute atomic E-state index is 9.86. The summed E-state index contributed by atoms with van der Waals surface area (Å²) in [5.41, 5.74) is 0.605. The zero-order chi connectivity index (χ0) is 15.0. The van der Waals surface area contributed by atoms with Crippen LogP contribution < -0.4 is 0 Å². The summed E-state index contributed by atoms with van der Waals surface area (Å²) >= 11 is 9.46. The summed E-state index contributed by atoms with van der Waals surface area (Å²) in [5.74, 6) is 0. The lowest BCUT2D eigenvalue weighted by Gasteiger charge is -2.43. The van der Waals surface area contributed by atoms with Gasteiger partial charge in [0.05, 0.1) is 11.5 Å². The van der Waals surface area contributed by atoms with Crippen LogP contribution >= 0.6 is 27.5 Å². The number of nitriles is 1. The van der Waals surface area contributed by atoms with Crippen molar-refractivity contribution in [1.29, 1.82) is 5.26 Å². The first-order valence-electron chi connectivity index (χ1n) is 7.15. The van der Waals surface area contributed by atoms with E-state index in [1.165, 1.54) is 0 Å². The van der Waals surface area contributed by atoms with Crippen LogP contribution in [-0.2, 0) is 5.41 Å². The van der Waals surface area contributed by atoms with Crippen LogP contribution in [-0.4, -0.2) is 28.5 Å². The van der Waals surface area contributed by atoms with Crippen LogP contribution in [0.2, 0.25) is 0 Å². The van der Waals surface area contributed by atoms with Gasteiger partial charge in [0, 0.05) is 40.5 Å². The quantitative estimate of drug-likeness (QED) is 0.812.